The Labute approximate surface area is 199 Å². The van der Waals surface area contributed by atoms with Crippen molar-refractivity contribution >= 4 is 29.3 Å². The molecule has 2 aromatic heterocycles. The van der Waals surface area contributed by atoms with Crippen LogP contribution >= 0.6 is 11.6 Å². The van der Waals surface area contributed by atoms with E-state index in [0.29, 0.717) is 5.02 Å². The molecule has 7 nitrogen and oxygen atoms in total. The van der Waals surface area contributed by atoms with Gasteiger partial charge in [-0.15, -0.1) is 0 Å². The van der Waals surface area contributed by atoms with Crippen LogP contribution in [0.25, 0.3) is 11.1 Å². The summed E-state index contributed by atoms with van der Waals surface area (Å²) in [4.78, 5) is 33.1. The number of piperazine rings is 1. The maximum atomic E-state index is 13.1. The molecule has 0 saturated carbocycles. The first kappa shape index (κ1) is 21.6. The number of halogens is 1. The number of amides is 1. The van der Waals surface area contributed by atoms with Gasteiger partial charge in [-0.2, -0.15) is 0 Å². The van der Waals surface area contributed by atoms with Gasteiger partial charge in [0.2, 0.25) is 11.9 Å². The molecule has 1 aromatic carbocycles. The molecule has 0 aliphatic carbocycles. The molecule has 0 unspecified atom stereocenters. The van der Waals surface area contributed by atoms with Crippen LogP contribution in [-0.4, -0.2) is 65.0 Å². The minimum atomic E-state index is 0.0796. The topological polar surface area (TPSA) is 65.5 Å². The van der Waals surface area contributed by atoms with Gasteiger partial charge in [0, 0.05) is 74.4 Å². The Morgan fingerprint density at radius 1 is 0.788 bits per heavy atom. The summed E-state index contributed by atoms with van der Waals surface area (Å²) in [7, 11) is 0. The molecule has 0 N–H and O–H groups in total. The van der Waals surface area contributed by atoms with Gasteiger partial charge in [0.25, 0.3) is 0 Å². The number of benzene rings is 1. The van der Waals surface area contributed by atoms with Crippen LogP contribution in [0.5, 0.6) is 0 Å². The van der Waals surface area contributed by atoms with Gasteiger partial charge in [0.05, 0.1) is 0 Å². The van der Waals surface area contributed by atoms with Crippen molar-refractivity contribution in [2.24, 2.45) is 5.92 Å². The van der Waals surface area contributed by atoms with Gasteiger partial charge in [-0.3, -0.25) is 4.79 Å². The highest BCUT2D eigenvalue weighted by Crippen LogP contribution is 2.25. The van der Waals surface area contributed by atoms with Crippen molar-refractivity contribution in [1.29, 1.82) is 0 Å². The summed E-state index contributed by atoms with van der Waals surface area (Å²) in [6.45, 7) is 4.76. The van der Waals surface area contributed by atoms with Crippen molar-refractivity contribution < 1.29 is 4.79 Å². The highest BCUT2D eigenvalue weighted by atomic mass is 35.5. The summed E-state index contributed by atoms with van der Waals surface area (Å²) in [6.07, 6.45) is 7.19. The zero-order valence-electron chi connectivity index (χ0n) is 18.5. The summed E-state index contributed by atoms with van der Waals surface area (Å²) in [5, 5.41) is 0.712. The number of rotatable bonds is 4. The number of carbonyl (C=O) groups is 1. The zero-order chi connectivity index (χ0) is 22.6. The summed E-state index contributed by atoms with van der Waals surface area (Å²) in [6, 6.07) is 13.6. The third kappa shape index (κ3) is 4.93. The van der Waals surface area contributed by atoms with Crippen LogP contribution < -0.4 is 9.80 Å². The fraction of sp³-hybridized carbons (Fsp3) is 0.360. The molecule has 0 radical (unpaired) electrons. The van der Waals surface area contributed by atoms with Crippen LogP contribution in [0, 0.1) is 5.92 Å². The molecule has 5 rings (SSSR count). The van der Waals surface area contributed by atoms with Crippen LogP contribution in [0.15, 0.2) is 61.1 Å². The Balaban J connectivity index is 1.13. The lowest BCUT2D eigenvalue weighted by molar-refractivity contribution is -0.136. The van der Waals surface area contributed by atoms with Crippen LogP contribution in [0.1, 0.15) is 12.8 Å². The van der Waals surface area contributed by atoms with Gasteiger partial charge >= 0.3 is 0 Å². The number of hydrogen-bond donors (Lipinski definition) is 0. The Bertz CT molecular complexity index is 1060. The molecule has 2 fully saturated rings. The quantitative estimate of drug-likeness (QED) is 0.588. The van der Waals surface area contributed by atoms with Crippen molar-refractivity contribution in [3.63, 3.8) is 0 Å². The van der Waals surface area contributed by atoms with Crippen molar-refractivity contribution in [1.82, 2.24) is 19.9 Å². The average molecular weight is 463 g/mol. The molecule has 2 aliphatic rings. The predicted octanol–water partition coefficient (Wildman–Crippen LogP) is 3.76. The fourth-order valence-electron chi connectivity index (χ4n) is 4.56. The minimum Gasteiger partial charge on any atom is -0.353 e. The molecule has 8 heteroatoms. The normalized spacial score (nSPS) is 17.3. The molecule has 3 aromatic rings. The molecule has 170 valence electrons. The second-order valence-electron chi connectivity index (χ2n) is 8.54. The summed E-state index contributed by atoms with van der Waals surface area (Å²) in [5.74, 6) is 2.08. The van der Waals surface area contributed by atoms with Crippen LogP contribution in [0.3, 0.4) is 0 Å². The summed E-state index contributed by atoms with van der Waals surface area (Å²) < 4.78 is 0. The van der Waals surface area contributed by atoms with Crippen LogP contribution in [0.2, 0.25) is 5.02 Å². The van der Waals surface area contributed by atoms with E-state index < -0.39 is 0 Å². The second-order valence-corrected chi connectivity index (χ2v) is 8.98. The Morgan fingerprint density at radius 2 is 1.48 bits per heavy atom. The zero-order valence-corrected chi connectivity index (χ0v) is 19.2. The van der Waals surface area contributed by atoms with E-state index >= 15 is 0 Å². The van der Waals surface area contributed by atoms with E-state index in [9.17, 15) is 4.79 Å². The first-order valence-corrected chi connectivity index (χ1v) is 11.8. The van der Waals surface area contributed by atoms with Gasteiger partial charge in [-0.05, 0) is 42.7 Å². The Hall–Kier alpha value is -3.19. The highest BCUT2D eigenvalue weighted by Gasteiger charge is 2.31. The van der Waals surface area contributed by atoms with E-state index in [4.69, 9.17) is 11.6 Å². The van der Waals surface area contributed by atoms with Gasteiger partial charge in [-0.1, -0.05) is 29.8 Å². The molecule has 0 atom stereocenters. The number of pyridine rings is 1. The lowest BCUT2D eigenvalue weighted by Crippen LogP contribution is -2.52. The smallest absolute Gasteiger partial charge is 0.225 e. The van der Waals surface area contributed by atoms with E-state index in [1.165, 1.54) is 0 Å². The Kier molecular flexibility index (Phi) is 6.39. The molecule has 2 aliphatic heterocycles. The maximum absolute atomic E-state index is 13.1. The molecular weight excluding hydrogens is 436 g/mol. The second kappa shape index (κ2) is 9.75. The highest BCUT2D eigenvalue weighted by molar-refractivity contribution is 6.30. The SMILES string of the molecule is O=C(C1CCN(c2ncc(-c3ccc(Cl)cc3)cn2)CC1)N1CCN(c2ccccn2)CC1. The molecule has 0 bridgehead atoms. The van der Waals surface area contributed by atoms with E-state index in [-0.39, 0.29) is 11.8 Å². The lowest BCUT2D eigenvalue weighted by atomic mass is 9.95. The fourth-order valence-corrected chi connectivity index (χ4v) is 4.68. The number of nitrogens with zero attached hydrogens (tertiary/aromatic N) is 6. The van der Waals surface area contributed by atoms with E-state index in [1.54, 1.807) is 0 Å². The first-order chi connectivity index (χ1) is 16.2. The first-order valence-electron chi connectivity index (χ1n) is 11.4. The van der Waals surface area contributed by atoms with Crippen LogP contribution in [-0.2, 0) is 4.79 Å². The van der Waals surface area contributed by atoms with Crippen molar-refractivity contribution in [2.75, 3.05) is 49.1 Å². The number of hydrogen-bond acceptors (Lipinski definition) is 6. The number of carbonyl (C=O) groups excluding carboxylic acids is 1. The molecule has 1 amide bonds. The number of anilines is 2. The predicted molar refractivity (Wildman–Crippen MR) is 130 cm³/mol. The molecule has 33 heavy (non-hydrogen) atoms. The number of aromatic nitrogens is 3. The van der Waals surface area contributed by atoms with Crippen molar-refractivity contribution in [2.45, 2.75) is 12.8 Å². The lowest BCUT2D eigenvalue weighted by Gasteiger charge is -2.39. The third-order valence-electron chi connectivity index (χ3n) is 6.51. The maximum Gasteiger partial charge on any atom is 0.225 e. The standard InChI is InChI=1S/C25H27ClN6O/c26-22-6-4-19(5-7-22)21-17-28-25(29-18-21)32-11-8-20(9-12-32)24(33)31-15-13-30(14-16-31)23-3-1-2-10-27-23/h1-7,10,17-18,20H,8-9,11-16H2. The summed E-state index contributed by atoms with van der Waals surface area (Å²) >= 11 is 5.97. The molecule has 4 heterocycles. The van der Waals surface area contributed by atoms with Crippen molar-refractivity contribution in [3.05, 3.63) is 66.1 Å². The van der Waals surface area contributed by atoms with E-state index in [2.05, 4.69) is 24.8 Å². The third-order valence-corrected chi connectivity index (χ3v) is 6.76. The van der Waals surface area contributed by atoms with Gasteiger partial charge < -0.3 is 14.7 Å². The number of piperidine rings is 1. The monoisotopic (exact) mass is 462 g/mol. The van der Waals surface area contributed by atoms with Gasteiger partial charge in [0.15, 0.2) is 0 Å². The average Bonchev–Trinajstić information content (AvgIpc) is 2.90. The molecular formula is C25H27ClN6O. The van der Waals surface area contributed by atoms with Crippen molar-refractivity contribution in [3.8, 4) is 11.1 Å². The minimum absolute atomic E-state index is 0.0796. The van der Waals surface area contributed by atoms with Gasteiger partial charge in [-0.25, -0.2) is 15.0 Å². The van der Waals surface area contributed by atoms with Gasteiger partial charge in [0.1, 0.15) is 5.82 Å². The Morgan fingerprint density at radius 3 is 2.12 bits per heavy atom. The largest absolute Gasteiger partial charge is 0.353 e. The van der Waals surface area contributed by atoms with E-state index in [1.807, 2.05) is 66.0 Å². The summed E-state index contributed by atoms with van der Waals surface area (Å²) in [5.41, 5.74) is 2.00. The molecule has 2 saturated heterocycles. The van der Waals surface area contributed by atoms with E-state index in [0.717, 1.165) is 75.0 Å². The van der Waals surface area contributed by atoms with Crippen LogP contribution in [0.4, 0.5) is 11.8 Å². The molecule has 0 spiro atoms.